The van der Waals surface area contributed by atoms with E-state index in [0.717, 1.165) is 24.4 Å². The summed E-state index contributed by atoms with van der Waals surface area (Å²) in [5.74, 6) is 2.16. The molecule has 1 rings (SSSR count). The molecule has 0 aromatic carbocycles. The van der Waals surface area contributed by atoms with Crippen LogP contribution in [0, 0.1) is 12.8 Å². The van der Waals surface area contributed by atoms with Crippen LogP contribution in [0.25, 0.3) is 0 Å². The average Bonchev–Trinajstić information content (AvgIpc) is 2.40. The molecule has 1 aromatic rings. The number of aromatic nitrogens is 2. The SMILES string of the molecule is CCCCC(CC)COc1ncnc(NC)c1C. The van der Waals surface area contributed by atoms with Crippen LogP contribution < -0.4 is 10.1 Å². The Labute approximate surface area is 110 Å². The summed E-state index contributed by atoms with van der Waals surface area (Å²) in [6.45, 7) is 7.17. The Morgan fingerprint density at radius 3 is 2.72 bits per heavy atom. The molecule has 4 nitrogen and oxygen atoms in total. The summed E-state index contributed by atoms with van der Waals surface area (Å²) < 4.78 is 5.84. The number of hydrogen-bond donors (Lipinski definition) is 1. The monoisotopic (exact) mass is 251 g/mol. The van der Waals surface area contributed by atoms with Gasteiger partial charge in [0, 0.05) is 7.05 Å². The lowest BCUT2D eigenvalue weighted by molar-refractivity contribution is 0.224. The van der Waals surface area contributed by atoms with Crippen molar-refractivity contribution >= 4 is 5.82 Å². The molecule has 1 heterocycles. The zero-order valence-corrected chi connectivity index (χ0v) is 12.0. The fourth-order valence-corrected chi connectivity index (χ4v) is 1.93. The molecule has 0 amide bonds. The molecule has 1 unspecified atom stereocenters. The van der Waals surface area contributed by atoms with Crippen molar-refractivity contribution in [3.8, 4) is 5.88 Å². The third kappa shape index (κ3) is 4.17. The number of unbranched alkanes of at least 4 members (excludes halogenated alkanes) is 1. The summed E-state index contributed by atoms with van der Waals surface area (Å²) in [6, 6.07) is 0. The Morgan fingerprint density at radius 1 is 1.33 bits per heavy atom. The van der Waals surface area contributed by atoms with Crippen LogP contribution in [0.3, 0.4) is 0 Å². The number of nitrogens with zero attached hydrogens (tertiary/aromatic N) is 2. The molecule has 0 radical (unpaired) electrons. The van der Waals surface area contributed by atoms with Gasteiger partial charge in [-0.2, -0.15) is 0 Å². The minimum absolute atomic E-state index is 0.623. The molecule has 1 atom stereocenters. The van der Waals surface area contributed by atoms with Gasteiger partial charge in [-0.3, -0.25) is 0 Å². The maximum atomic E-state index is 5.84. The Bertz CT molecular complexity index is 355. The van der Waals surface area contributed by atoms with Crippen molar-refractivity contribution in [3.05, 3.63) is 11.9 Å². The number of rotatable bonds is 8. The van der Waals surface area contributed by atoms with Crippen LogP contribution in [0.1, 0.15) is 45.1 Å². The lowest BCUT2D eigenvalue weighted by Gasteiger charge is -2.16. The summed E-state index contributed by atoms with van der Waals surface area (Å²) in [7, 11) is 1.86. The first-order valence-electron chi connectivity index (χ1n) is 6.85. The van der Waals surface area contributed by atoms with Crippen LogP contribution >= 0.6 is 0 Å². The van der Waals surface area contributed by atoms with Gasteiger partial charge in [0.2, 0.25) is 5.88 Å². The van der Waals surface area contributed by atoms with E-state index < -0.39 is 0 Å². The van der Waals surface area contributed by atoms with Crippen molar-refractivity contribution in [1.82, 2.24) is 9.97 Å². The fourth-order valence-electron chi connectivity index (χ4n) is 1.93. The first kappa shape index (κ1) is 14.7. The zero-order chi connectivity index (χ0) is 13.4. The fraction of sp³-hybridized carbons (Fsp3) is 0.714. The maximum Gasteiger partial charge on any atom is 0.221 e. The normalized spacial score (nSPS) is 12.2. The van der Waals surface area contributed by atoms with Crippen molar-refractivity contribution in [2.45, 2.75) is 46.5 Å². The summed E-state index contributed by atoms with van der Waals surface area (Å²) in [6.07, 6.45) is 6.44. The molecule has 102 valence electrons. The van der Waals surface area contributed by atoms with E-state index >= 15 is 0 Å². The van der Waals surface area contributed by atoms with Gasteiger partial charge in [-0.15, -0.1) is 0 Å². The quantitative estimate of drug-likeness (QED) is 0.769. The van der Waals surface area contributed by atoms with E-state index in [-0.39, 0.29) is 0 Å². The topological polar surface area (TPSA) is 47.0 Å². The summed E-state index contributed by atoms with van der Waals surface area (Å²) in [5, 5.41) is 3.04. The number of anilines is 1. The first-order valence-corrected chi connectivity index (χ1v) is 6.85. The van der Waals surface area contributed by atoms with E-state index in [1.54, 1.807) is 6.33 Å². The second-order valence-corrected chi connectivity index (χ2v) is 4.63. The Hall–Kier alpha value is -1.32. The highest BCUT2D eigenvalue weighted by atomic mass is 16.5. The Balaban J connectivity index is 2.56. The zero-order valence-electron chi connectivity index (χ0n) is 12.0. The van der Waals surface area contributed by atoms with Gasteiger partial charge >= 0.3 is 0 Å². The largest absolute Gasteiger partial charge is 0.477 e. The van der Waals surface area contributed by atoms with Gasteiger partial charge in [0.1, 0.15) is 12.1 Å². The summed E-state index contributed by atoms with van der Waals surface area (Å²) >= 11 is 0. The van der Waals surface area contributed by atoms with Gasteiger partial charge in [0.05, 0.1) is 12.2 Å². The third-order valence-electron chi connectivity index (χ3n) is 3.27. The van der Waals surface area contributed by atoms with Crippen molar-refractivity contribution in [2.75, 3.05) is 19.0 Å². The second-order valence-electron chi connectivity index (χ2n) is 4.63. The average molecular weight is 251 g/mol. The molecule has 4 heteroatoms. The van der Waals surface area contributed by atoms with Crippen LogP contribution in [-0.2, 0) is 0 Å². The molecule has 0 aliphatic carbocycles. The van der Waals surface area contributed by atoms with E-state index in [9.17, 15) is 0 Å². The second kappa shape index (κ2) is 7.90. The molecule has 0 saturated heterocycles. The van der Waals surface area contributed by atoms with Crippen LogP contribution in [0.4, 0.5) is 5.82 Å². The first-order chi connectivity index (χ1) is 8.72. The molecule has 18 heavy (non-hydrogen) atoms. The van der Waals surface area contributed by atoms with E-state index in [4.69, 9.17) is 4.74 Å². The lowest BCUT2D eigenvalue weighted by atomic mass is 10.0. The van der Waals surface area contributed by atoms with Gasteiger partial charge in [0.15, 0.2) is 0 Å². The van der Waals surface area contributed by atoms with Gasteiger partial charge in [-0.1, -0.05) is 33.1 Å². The highest BCUT2D eigenvalue weighted by Gasteiger charge is 2.10. The smallest absolute Gasteiger partial charge is 0.221 e. The van der Waals surface area contributed by atoms with Gasteiger partial charge < -0.3 is 10.1 Å². The van der Waals surface area contributed by atoms with E-state index in [1.165, 1.54) is 19.3 Å². The number of ether oxygens (including phenoxy) is 1. The molecule has 0 saturated carbocycles. The predicted octanol–water partition coefficient (Wildman–Crippen LogP) is 3.42. The minimum Gasteiger partial charge on any atom is -0.477 e. The Kier molecular flexibility index (Phi) is 6.47. The lowest BCUT2D eigenvalue weighted by Crippen LogP contribution is -2.13. The molecular weight excluding hydrogens is 226 g/mol. The molecule has 0 fully saturated rings. The minimum atomic E-state index is 0.623. The third-order valence-corrected chi connectivity index (χ3v) is 3.27. The van der Waals surface area contributed by atoms with Gasteiger partial charge in [-0.25, -0.2) is 9.97 Å². The van der Waals surface area contributed by atoms with Gasteiger partial charge in [-0.05, 0) is 19.3 Å². The van der Waals surface area contributed by atoms with E-state index in [1.807, 2.05) is 14.0 Å². The van der Waals surface area contributed by atoms with Crippen LogP contribution in [0.2, 0.25) is 0 Å². The molecular formula is C14H25N3O. The molecule has 0 spiro atoms. The van der Waals surface area contributed by atoms with Crippen LogP contribution in [0.5, 0.6) is 5.88 Å². The van der Waals surface area contributed by atoms with E-state index in [0.29, 0.717) is 11.8 Å². The molecule has 0 aliphatic rings. The molecule has 1 N–H and O–H groups in total. The Morgan fingerprint density at radius 2 is 2.11 bits per heavy atom. The number of hydrogen-bond acceptors (Lipinski definition) is 4. The van der Waals surface area contributed by atoms with E-state index in [2.05, 4.69) is 29.1 Å². The standard InChI is InChI=1S/C14H25N3O/c1-5-7-8-12(6-2)9-18-14-11(3)13(15-4)16-10-17-14/h10,12H,5-9H2,1-4H3,(H,15,16,17). The predicted molar refractivity (Wildman–Crippen MR) is 75.1 cm³/mol. The molecule has 0 aliphatic heterocycles. The highest BCUT2D eigenvalue weighted by Crippen LogP contribution is 2.21. The summed E-state index contributed by atoms with van der Waals surface area (Å²) in [5.41, 5.74) is 0.977. The van der Waals surface area contributed by atoms with Crippen molar-refractivity contribution < 1.29 is 4.74 Å². The van der Waals surface area contributed by atoms with Crippen molar-refractivity contribution in [3.63, 3.8) is 0 Å². The highest BCUT2D eigenvalue weighted by molar-refractivity contribution is 5.46. The maximum absolute atomic E-state index is 5.84. The molecule has 0 bridgehead atoms. The van der Waals surface area contributed by atoms with Crippen LogP contribution in [0.15, 0.2) is 6.33 Å². The molecule has 1 aromatic heterocycles. The van der Waals surface area contributed by atoms with Crippen molar-refractivity contribution in [1.29, 1.82) is 0 Å². The number of nitrogens with one attached hydrogen (secondary N) is 1. The van der Waals surface area contributed by atoms with Crippen molar-refractivity contribution in [2.24, 2.45) is 5.92 Å². The van der Waals surface area contributed by atoms with Gasteiger partial charge in [0.25, 0.3) is 0 Å². The summed E-state index contributed by atoms with van der Waals surface area (Å²) in [4.78, 5) is 8.35. The van der Waals surface area contributed by atoms with Crippen LogP contribution in [-0.4, -0.2) is 23.6 Å².